The molecule has 0 saturated heterocycles. The summed E-state index contributed by atoms with van der Waals surface area (Å²) < 4.78 is 22.7. The molecular weight excluding hydrogens is 470 g/mol. The number of nitrogens with one attached hydrogen (secondary N) is 1. The van der Waals surface area contributed by atoms with E-state index in [1.807, 2.05) is 78.9 Å². The van der Waals surface area contributed by atoms with Gasteiger partial charge in [-0.05, 0) is 56.5 Å². The molecule has 0 aliphatic rings. The summed E-state index contributed by atoms with van der Waals surface area (Å²) in [5.41, 5.74) is 2.12. The normalized spacial score (nSPS) is 11.8. The molecule has 7 heteroatoms. The Morgan fingerprint density at radius 3 is 1.89 bits per heavy atom. The molecule has 1 amide bonds. The molecule has 0 bridgehead atoms. The third-order valence-electron chi connectivity index (χ3n) is 5.18. The van der Waals surface area contributed by atoms with Crippen LogP contribution in [0.25, 0.3) is 0 Å². The largest absolute Gasteiger partial charge is 0.485 e. The Morgan fingerprint density at radius 2 is 1.35 bits per heavy atom. The molecule has 3 aromatic carbocycles. The highest BCUT2D eigenvalue weighted by atomic mass is 16.6. The van der Waals surface area contributed by atoms with Gasteiger partial charge in [-0.25, -0.2) is 9.59 Å². The van der Waals surface area contributed by atoms with Gasteiger partial charge in [-0.15, -0.1) is 0 Å². The number of carbonyl (C=O) groups excluding carboxylic acids is 2. The van der Waals surface area contributed by atoms with E-state index >= 15 is 0 Å². The summed E-state index contributed by atoms with van der Waals surface area (Å²) >= 11 is 0. The molecule has 0 radical (unpaired) electrons. The molecule has 37 heavy (non-hydrogen) atoms. The molecular formula is C30H35NO6. The van der Waals surface area contributed by atoms with Crippen molar-refractivity contribution in [1.29, 1.82) is 0 Å². The molecule has 0 spiro atoms. The van der Waals surface area contributed by atoms with Crippen LogP contribution in [0, 0.1) is 0 Å². The maximum atomic E-state index is 12.6. The van der Waals surface area contributed by atoms with Crippen LogP contribution >= 0.6 is 0 Å². The van der Waals surface area contributed by atoms with Gasteiger partial charge in [0.1, 0.15) is 24.9 Å². The lowest BCUT2D eigenvalue weighted by atomic mass is 10.1. The molecule has 0 saturated carbocycles. The Morgan fingerprint density at radius 1 is 0.784 bits per heavy atom. The monoisotopic (exact) mass is 505 g/mol. The summed E-state index contributed by atoms with van der Waals surface area (Å²) in [6, 6.07) is 24.2. The summed E-state index contributed by atoms with van der Waals surface area (Å²) in [6.45, 7) is 7.93. The van der Waals surface area contributed by atoms with Gasteiger partial charge in [-0.1, -0.05) is 66.7 Å². The lowest BCUT2D eigenvalue weighted by Crippen LogP contribution is -2.45. The maximum Gasteiger partial charge on any atom is 0.408 e. The van der Waals surface area contributed by atoms with Crippen LogP contribution in [0.3, 0.4) is 0 Å². The molecule has 3 aromatic rings. The first-order chi connectivity index (χ1) is 17.7. The van der Waals surface area contributed by atoms with Gasteiger partial charge in [-0.2, -0.15) is 0 Å². The van der Waals surface area contributed by atoms with Crippen LogP contribution in [0.4, 0.5) is 4.79 Å². The van der Waals surface area contributed by atoms with Crippen molar-refractivity contribution in [3.63, 3.8) is 0 Å². The molecule has 0 fully saturated rings. The average molecular weight is 506 g/mol. The second-order valence-electron chi connectivity index (χ2n) is 9.48. The Kier molecular flexibility index (Phi) is 9.95. The summed E-state index contributed by atoms with van der Waals surface area (Å²) in [4.78, 5) is 25.0. The smallest absolute Gasteiger partial charge is 0.408 e. The minimum Gasteiger partial charge on any atom is -0.485 e. The van der Waals surface area contributed by atoms with E-state index in [1.165, 1.54) is 0 Å². The predicted molar refractivity (Wildman–Crippen MR) is 141 cm³/mol. The minimum absolute atomic E-state index is 0.193. The average Bonchev–Trinajstić information content (AvgIpc) is 2.86. The van der Waals surface area contributed by atoms with Gasteiger partial charge in [0, 0.05) is 6.42 Å². The molecule has 0 aliphatic heterocycles. The lowest BCUT2D eigenvalue weighted by molar-refractivity contribution is -0.145. The number of alkyl carbamates (subject to hydrolysis) is 1. The standard InChI is InChI=1S/C30H35NO6/c1-5-34-28(32)25(31-29(33)37-30(2,3)4)18-24-16-17-26(35-20-22-12-8-6-9-13-22)27(19-24)36-21-23-14-10-7-11-15-23/h6-17,19,25H,5,18,20-21H2,1-4H3,(H,31,33)/t25-/m0/s1. The zero-order chi connectivity index (χ0) is 26.7. The summed E-state index contributed by atoms with van der Waals surface area (Å²) in [5.74, 6) is 0.581. The third kappa shape index (κ3) is 9.52. The van der Waals surface area contributed by atoms with Crippen molar-refractivity contribution in [1.82, 2.24) is 5.32 Å². The molecule has 0 aliphatic carbocycles. The molecule has 0 unspecified atom stereocenters. The topological polar surface area (TPSA) is 83.1 Å². The van der Waals surface area contributed by atoms with Gasteiger partial charge in [0.25, 0.3) is 0 Å². The fraction of sp³-hybridized carbons (Fsp3) is 0.333. The van der Waals surface area contributed by atoms with Crippen molar-refractivity contribution in [3.05, 3.63) is 95.6 Å². The van der Waals surface area contributed by atoms with E-state index in [-0.39, 0.29) is 13.0 Å². The number of amides is 1. The van der Waals surface area contributed by atoms with Gasteiger partial charge in [0.2, 0.25) is 0 Å². The second kappa shape index (κ2) is 13.3. The molecule has 3 rings (SSSR count). The maximum absolute atomic E-state index is 12.6. The quantitative estimate of drug-likeness (QED) is 0.330. The van der Waals surface area contributed by atoms with Gasteiger partial charge in [0.05, 0.1) is 6.61 Å². The number of benzene rings is 3. The molecule has 196 valence electrons. The molecule has 1 atom stereocenters. The molecule has 7 nitrogen and oxygen atoms in total. The lowest BCUT2D eigenvalue weighted by Gasteiger charge is -2.23. The third-order valence-corrected chi connectivity index (χ3v) is 5.18. The number of ether oxygens (including phenoxy) is 4. The van der Waals surface area contributed by atoms with E-state index in [0.29, 0.717) is 24.7 Å². The molecule has 1 N–H and O–H groups in total. The Bertz CT molecular complexity index is 1140. The van der Waals surface area contributed by atoms with E-state index in [1.54, 1.807) is 27.7 Å². The van der Waals surface area contributed by atoms with Crippen molar-refractivity contribution in [2.75, 3.05) is 6.61 Å². The van der Waals surface area contributed by atoms with E-state index in [4.69, 9.17) is 18.9 Å². The highest BCUT2D eigenvalue weighted by Crippen LogP contribution is 2.31. The van der Waals surface area contributed by atoms with Crippen LogP contribution in [0.15, 0.2) is 78.9 Å². The zero-order valence-electron chi connectivity index (χ0n) is 21.9. The number of hydrogen-bond donors (Lipinski definition) is 1. The van der Waals surface area contributed by atoms with Crippen molar-refractivity contribution in [3.8, 4) is 11.5 Å². The SMILES string of the molecule is CCOC(=O)[C@H](Cc1ccc(OCc2ccccc2)c(OCc2ccccc2)c1)NC(=O)OC(C)(C)C. The van der Waals surface area contributed by atoms with Crippen LogP contribution in [0.1, 0.15) is 44.4 Å². The van der Waals surface area contributed by atoms with Crippen molar-refractivity contribution in [2.24, 2.45) is 0 Å². The zero-order valence-corrected chi connectivity index (χ0v) is 21.9. The van der Waals surface area contributed by atoms with E-state index in [9.17, 15) is 9.59 Å². The highest BCUT2D eigenvalue weighted by molar-refractivity contribution is 5.81. The van der Waals surface area contributed by atoms with Gasteiger partial charge < -0.3 is 24.3 Å². The fourth-order valence-corrected chi connectivity index (χ4v) is 3.50. The van der Waals surface area contributed by atoms with Crippen LogP contribution in [-0.4, -0.2) is 30.3 Å². The summed E-state index contributed by atoms with van der Waals surface area (Å²) in [6.07, 6.45) is -0.493. The first-order valence-electron chi connectivity index (χ1n) is 12.4. The summed E-state index contributed by atoms with van der Waals surface area (Å²) in [7, 11) is 0. The predicted octanol–water partition coefficient (Wildman–Crippen LogP) is 5.84. The molecule has 0 aromatic heterocycles. The van der Waals surface area contributed by atoms with Crippen molar-refractivity contribution < 1.29 is 28.5 Å². The van der Waals surface area contributed by atoms with E-state index < -0.39 is 23.7 Å². The van der Waals surface area contributed by atoms with Gasteiger partial charge in [-0.3, -0.25) is 0 Å². The Hall–Kier alpha value is -4.00. The number of rotatable bonds is 11. The fourth-order valence-electron chi connectivity index (χ4n) is 3.50. The van der Waals surface area contributed by atoms with Gasteiger partial charge >= 0.3 is 12.1 Å². The van der Waals surface area contributed by atoms with Crippen LogP contribution in [-0.2, 0) is 33.9 Å². The number of hydrogen-bond acceptors (Lipinski definition) is 6. The first kappa shape index (κ1) is 27.6. The van der Waals surface area contributed by atoms with Crippen LogP contribution in [0.2, 0.25) is 0 Å². The van der Waals surface area contributed by atoms with Crippen molar-refractivity contribution in [2.45, 2.75) is 59.0 Å². The van der Waals surface area contributed by atoms with Gasteiger partial charge in [0.15, 0.2) is 11.5 Å². The highest BCUT2D eigenvalue weighted by Gasteiger charge is 2.26. The van der Waals surface area contributed by atoms with E-state index in [0.717, 1.165) is 16.7 Å². The van der Waals surface area contributed by atoms with E-state index in [2.05, 4.69) is 5.32 Å². The number of esters is 1. The summed E-state index contributed by atoms with van der Waals surface area (Å²) in [5, 5.41) is 2.64. The van der Waals surface area contributed by atoms with Crippen molar-refractivity contribution >= 4 is 12.1 Å². The van der Waals surface area contributed by atoms with Crippen LogP contribution in [0.5, 0.6) is 11.5 Å². The van der Waals surface area contributed by atoms with Crippen LogP contribution < -0.4 is 14.8 Å². The molecule has 0 heterocycles. The minimum atomic E-state index is -0.923. The number of carbonyl (C=O) groups is 2. The second-order valence-corrected chi connectivity index (χ2v) is 9.48. The Balaban J connectivity index is 1.80. The Labute approximate surface area is 218 Å². The first-order valence-corrected chi connectivity index (χ1v) is 12.4.